The molecule has 1 heterocycles. The van der Waals surface area contributed by atoms with E-state index in [1.165, 1.54) is 49.8 Å². The van der Waals surface area contributed by atoms with E-state index in [2.05, 4.69) is 164 Å². The Balaban J connectivity index is 1.38. The van der Waals surface area contributed by atoms with Crippen molar-refractivity contribution in [3.8, 4) is 22.3 Å². The zero-order chi connectivity index (χ0) is 30.1. The third kappa shape index (κ3) is 3.82. The van der Waals surface area contributed by atoms with Gasteiger partial charge in [0.2, 0.25) is 0 Å². The molecule has 7 aromatic carbocycles. The van der Waals surface area contributed by atoms with E-state index in [4.69, 9.17) is 4.42 Å². The van der Waals surface area contributed by atoms with Crippen molar-refractivity contribution < 1.29 is 4.42 Å². The van der Waals surface area contributed by atoms with Gasteiger partial charge in [0, 0.05) is 33.0 Å². The van der Waals surface area contributed by atoms with Crippen LogP contribution in [-0.4, -0.2) is 0 Å². The lowest BCUT2D eigenvalue weighted by atomic mass is 9.82. The van der Waals surface area contributed by atoms with Crippen LogP contribution in [0.5, 0.6) is 0 Å². The number of nitrogens with zero attached hydrogens (tertiary/aromatic N) is 1. The maximum Gasteiger partial charge on any atom is 0.136 e. The van der Waals surface area contributed by atoms with Crippen LogP contribution in [0.2, 0.25) is 0 Å². The molecule has 0 amide bonds. The quantitative estimate of drug-likeness (QED) is 0.207. The summed E-state index contributed by atoms with van der Waals surface area (Å²) in [5.41, 5.74) is 12.9. The zero-order valence-corrected chi connectivity index (χ0v) is 25.3. The molecule has 0 fully saturated rings. The summed E-state index contributed by atoms with van der Waals surface area (Å²) in [5, 5.41) is 4.68. The standard InChI is InChI=1S/C43H31NO/c1-43(2)35-18-9-6-16-32(35)42-36(43)19-12-21-38(42)44(37-20-10-7-15-31(37)28-13-4-3-5-14-28)30-25-23-29-24-26-40-41(34(29)27-30)33-17-8-11-22-39(33)45-40/h3-27H,1-2H3. The van der Waals surface area contributed by atoms with E-state index in [1.807, 2.05) is 6.07 Å². The number of para-hydroxylation sites is 2. The van der Waals surface area contributed by atoms with Crippen molar-refractivity contribution in [2.75, 3.05) is 4.90 Å². The minimum Gasteiger partial charge on any atom is -0.456 e. The van der Waals surface area contributed by atoms with Crippen LogP contribution in [0.1, 0.15) is 25.0 Å². The highest BCUT2D eigenvalue weighted by molar-refractivity contribution is 6.19. The molecule has 45 heavy (non-hydrogen) atoms. The van der Waals surface area contributed by atoms with Crippen LogP contribution in [0, 0.1) is 0 Å². The fourth-order valence-corrected chi connectivity index (χ4v) is 7.53. The predicted molar refractivity (Wildman–Crippen MR) is 189 cm³/mol. The molecule has 0 N–H and O–H groups in total. The van der Waals surface area contributed by atoms with Gasteiger partial charge in [0.25, 0.3) is 0 Å². The molecular weight excluding hydrogens is 546 g/mol. The monoisotopic (exact) mass is 577 g/mol. The number of fused-ring (bicyclic) bond motifs is 8. The molecule has 8 aromatic rings. The molecule has 214 valence electrons. The second-order valence-corrected chi connectivity index (χ2v) is 12.5. The van der Waals surface area contributed by atoms with Crippen LogP contribution in [-0.2, 0) is 5.41 Å². The zero-order valence-electron chi connectivity index (χ0n) is 25.3. The fraction of sp³-hybridized carbons (Fsp3) is 0.0698. The maximum atomic E-state index is 6.32. The second-order valence-electron chi connectivity index (χ2n) is 12.5. The summed E-state index contributed by atoms with van der Waals surface area (Å²) in [6.45, 7) is 4.70. The lowest BCUT2D eigenvalue weighted by molar-refractivity contribution is 0.660. The largest absolute Gasteiger partial charge is 0.456 e. The number of rotatable bonds is 4. The lowest BCUT2D eigenvalue weighted by Crippen LogP contribution is -2.16. The van der Waals surface area contributed by atoms with Crippen LogP contribution < -0.4 is 4.90 Å². The predicted octanol–water partition coefficient (Wildman–Crippen LogP) is 12.2. The van der Waals surface area contributed by atoms with Crippen LogP contribution in [0.15, 0.2) is 156 Å². The number of anilines is 3. The fourth-order valence-electron chi connectivity index (χ4n) is 7.53. The topological polar surface area (TPSA) is 16.4 Å². The molecule has 1 aromatic heterocycles. The van der Waals surface area contributed by atoms with Gasteiger partial charge in [-0.2, -0.15) is 0 Å². The van der Waals surface area contributed by atoms with Gasteiger partial charge in [0.15, 0.2) is 0 Å². The third-order valence-electron chi connectivity index (χ3n) is 9.66. The Morgan fingerprint density at radius 3 is 2.09 bits per heavy atom. The van der Waals surface area contributed by atoms with Gasteiger partial charge in [0.05, 0.1) is 11.4 Å². The van der Waals surface area contributed by atoms with Crippen molar-refractivity contribution in [1.29, 1.82) is 0 Å². The third-order valence-corrected chi connectivity index (χ3v) is 9.66. The highest BCUT2D eigenvalue weighted by Gasteiger charge is 2.38. The van der Waals surface area contributed by atoms with E-state index < -0.39 is 0 Å². The van der Waals surface area contributed by atoms with E-state index >= 15 is 0 Å². The van der Waals surface area contributed by atoms with Crippen molar-refractivity contribution >= 4 is 49.8 Å². The van der Waals surface area contributed by atoms with E-state index in [0.717, 1.165) is 33.3 Å². The first-order chi connectivity index (χ1) is 22.1. The van der Waals surface area contributed by atoms with Crippen LogP contribution in [0.25, 0.3) is 55.0 Å². The molecule has 9 rings (SSSR count). The summed E-state index contributed by atoms with van der Waals surface area (Å²) in [7, 11) is 0. The Morgan fingerprint density at radius 1 is 0.511 bits per heavy atom. The molecule has 0 unspecified atom stereocenters. The van der Waals surface area contributed by atoms with Gasteiger partial charge in [-0.1, -0.05) is 129 Å². The Kier molecular flexibility index (Phi) is 5.58. The summed E-state index contributed by atoms with van der Waals surface area (Å²) < 4.78 is 6.32. The highest BCUT2D eigenvalue weighted by Crippen LogP contribution is 2.55. The van der Waals surface area contributed by atoms with E-state index in [9.17, 15) is 0 Å². The van der Waals surface area contributed by atoms with Gasteiger partial charge in [-0.25, -0.2) is 0 Å². The summed E-state index contributed by atoms with van der Waals surface area (Å²) in [5.74, 6) is 0. The second kappa shape index (κ2) is 9.70. The van der Waals surface area contributed by atoms with Crippen molar-refractivity contribution in [3.05, 3.63) is 163 Å². The number of hydrogen-bond acceptors (Lipinski definition) is 2. The van der Waals surface area contributed by atoms with Gasteiger partial charge in [0.1, 0.15) is 11.2 Å². The minimum atomic E-state index is -0.0994. The molecule has 0 saturated heterocycles. The molecule has 2 nitrogen and oxygen atoms in total. The Morgan fingerprint density at radius 2 is 1.20 bits per heavy atom. The summed E-state index contributed by atoms with van der Waals surface area (Å²) in [6.07, 6.45) is 0. The van der Waals surface area contributed by atoms with Crippen molar-refractivity contribution in [2.24, 2.45) is 0 Å². The molecular formula is C43H31NO. The Bertz CT molecular complexity index is 2410. The number of hydrogen-bond donors (Lipinski definition) is 0. The van der Waals surface area contributed by atoms with Gasteiger partial charge in [-0.15, -0.1) is 0 Å². The van der Waals surface area contributed by atoms with Crippen molar-refractivity contribution in [1.82, 2.24) is 0 Å². The molecule has 0 saturated carbocycles. The lowest BCUT2D eigenvalue weighted by Gasteiger charge is -2.30. The minimum absolute atomic E-state index is 0.0994. The molecule has 0 atom stereocenters. The summed E-state index contributed by atoms with van der Waals surface area (Å²) >= 11 is 0. The molecule has 0 aliphatic heterocycles. The average Bonchev–Trinajstić information content (AvgIpc) is 3.59. The number of benzene rings is 7. The molecule has 0 radical (unpaired) electrons. The molecule has 0 spiro atoms. The van der Waals surface area contributed by atoms with Gasteiger partial charge < -0.3 is 9.32 Å². The maximum absolute atomic E-state index is 6.32. The summed E-state index contributed by atoms with van der Waals surface area (Å²) in [4.78, 5) is 2.47. The molecule has 0 bridgehead atoms. The molecule has 1 aliphatic rings. The van der Waals surface area contributed by atoms with Gasteiger partial charge in [-0.3, -0.25) is 0 Å². The van der Waals surface area contributed by atoms with Gasteiger partial charge >= 0.3 is 0 Å². The number of furan rings is 1. The van der Waals surface area contributed by atoms with Gasteiger partial charge in [-0.05, 0) is 69.4 Å². The molecule has 1 aliphatic carbocycles. The summed E-state index contributed by atoms with van der Waals surface area (Å²) in [6, 6.07) is 54.7. The van der Waals surface area contributed by atoms with Crippen molar-refractivity contribution in [3.63, 3.8) is 0 Å². The van der Waals surface area contributed by atoms with Crippen LogP contribution >= 0.6 is 0 Å². The van der Waals surface area contributed by atoms with E-state index in [-0.39, 0.29) is 5.41 Å². The molecule has 2 heteroatoms. The Hall–Kier alpha value is -5.60. The average molecular weight is 578 g/mol. The Labute approximate surface area is 262 Å². The first-order valence-electron chi connectivity index (χ1n) is 15.6. The first-order valence-corrected chi connectivity index (χ1v) is 15.6. The normalized spacial score (nSPS) is 13.3. The smallest absolute Gasteiger partial charge is 0.136 e. The first kappa shape index (κ1) is 25.9. The SMILES string of the molecule is CC1(C)c2ccccc2-c2c(N(c3ccc4ccc5oc6ccccc6c5c4c3)c3ccccc3-c3ccccc3)cccc21. The van der Waals surface area contributed by atoms with E-state index in [0.29, 0.717) is 0 Å². The van der Waals surface area contributed by atoms with E-state index in [1.54, 1.807) is 0 Å². The van der Waals surface area contributed by atoms with Crippen molar-refractivity contribution in [2.45, 2.75) is 19.3 Å². The van der Waals surface area contributed by atoms with Crippen LogP contribution in [0.3, 0.4) is 0 Å². The highest BCUT2D eigenvalue weighted by atomic mass is 16.3. The van der Waals surface area contributed by atoms with Crippen LogP contribution in [0.4, 0.5) is 17.1 Å².